The predicted octanol–water partition coefficient (Wildman–Crippen LogP) is 4.23. The third-order valence-electron chi connectivity index (χ3n) is 5.78. The summed E-state index contributed by atoms with van der Waals surface area (Å²) in [6.07, 6.45) is 1.64. The number of ketones is 1. The van der Waals surface area contributed by atoms with Gasteiger partial charge in [-0.25, -0.2) is 0 Å². The second kappa shape index (κ2) is 10.8. The van der Waals surface area contributed by atoms with Gasteiger partial charge in [0.05, 0.1) is 27.4 Å². The van der Waals surface area contributed by atoms with Crippen molar-refractivity contribution >= 4 is 17.3 Å². The Morgan fingerprint density at radius 1 is 0.765 bits per heavy atom. The molecule has 3 aromatic carbocycles. The van der Waals surface area contributed by atoms with E-state index < -0.39 is 0 Å². The average Bonchev–Trinajstić information content (AvgIpc) is 2.92. The number of ether oxygens (including phenoxy) is 3. The van der Waals surface area contributed by atoms with Crippen LogP contribution >= 0.6 is 0 Å². The second-order valence-electron chi connectivity index (χ2n) is 7.84. The molecule has 0 N–H and O–H groups in total. The van der Waals surface area contributed by atoms with Gasteiger partial charge in [-0.15, -0.1) is 0 Å². The molecule has 3 aromatic rings. The first kappa shape index (κ1) is 23.3. The fraction of sp³-hybridized carbons (Fsp3) is 0.214. The van der Waals surface area contributed by atoms with Crippen LogP contribution in [0.15, 0.2) is 78.9 Å². The summed E-state index contributed by atoms with van der Waals surface area (Å²) >= 11 is 0. The summed E-state index contributed by atoms with van der Waals surface area (Å²) in [5, 5.41) is 0. The SMILES string of the molecule is COc1ccc(/C(=C/C(=O)N2CCOCC2)c2ccc(C(=O)c3ccccc3)cc2)cc1OC. The van der Waals surface area contributed by atoms with Gasteiger partial charge in [-0.3, -0.25) is 9.59 Å². The maximum atomic E-state index is 13.1. The number of amides is 1. The van der Waals surface area contributed by atoms with Crippen LogP contribution < -0.4 is 9.47 Å². The summed E-state index contributed by atoms with van der Waals surface area (Å²) in [6, 6.07) is 22.0. The van der Waals surface area contributed by atoms with Gasteiger partial charge in [0.1, 0.15) is 0 Å². The lowest BCUT2D eigenvalue weighted by Gasteiger charge is -2.26. The van der Waals surface area contributed by atoms with E-state index in [0.717, 1.165) is 16.7 Å². The Morgan fingerprint density at radius 3 is 2.00 bits per heavy atom. The van der Waals surface area contributed by atoms with Crippen LogP contribution in [0, 0.1) is 0 Å². The normalized spacial score (nSPS) is 13.9. The number of hydrogen-bond donors (Lipinski definition) is 0. The molecule has 1 amide bonds. The number of methoxy groups -OCH3 is 2. The highest BCUT2D eigenvalue weighted by Gasteiger charge is 2.18. The molecule has 0 aliphatic carbocycles. The minimum Gasteiger partial charge on any atom is -0.493 e. The smallest absolute Gasteiger partial charge is 0.247 e. The molecule has 174 valence electrons. The van der Waals surface area contributed by atoms with Crippen LogP contribution in [0.2, 0.25) is 0 Å². The zero-order valence-corrected chi connectivity index (χ0v) is 19.3. The summed E-state index contributed by atoms with van der Waals surface area (Å²) in [5.41, 5.74) is 3.57. The first-order chi connectivity index (χ1) is 16.6. The van der Waals surface area contributed by atoms with E-state index in [2.05, 4.69) is 0 Å². The van der Waals surface area contributed by atoms with Gasteiger partial charge in [-0.05, 0) is 28.8 Å². The third-order valence-corrected chi connectivity index (χ3v) is 5.78. The molecule has 1 heterocycles. The van der Waals surface area contributed by atoms with Crippen LogP contribution in [0.3, 0.4) is 0 Å². The fourth-order valence-electron chi connectivity index (χ4n) is 3.89. The Hall–Kier alpha value is -3.90. The van der Waals surface area contributed by atoms with E-state index in [1.54, 1.807) is 49.5 Å². The minimum absolute atomic E-state index is 0.0480. The van der Waals surface area contributed by atoms with Crippen LogP contribution in [0.4, 0.5) is 0 Å². The standard InChI is InChI=1S/C28H27NO5/c1-32-25-13-12-23(18-26(25)33-2)24(19-27(30)29-14-16-34-17-15-29)20-8-10-22(11-9-20)28(31)21-6-4-3-5-7-21/h3-13,18-19H,14-17H2,1-2H3/b24-19+. The Balaban J connectivity index is 1.71. The largest absolute Gasteiger partial charge is 0.493 e. The van der Waals surface area contributed by atoms with Crippen LogP contribution in [0.5, 0.6) is 11.5 Å². The molecule has 0 bridgehead atoms. The Morgan fingerprint density at radius 2 is 1.35 bits per heavy atom. The van der Waals surface area contributed by atoms with Crippen LogP contribution in [0.1, 0.15) is 27.0 Å². The Labute approximate surface area is 199 Å². The molecule has 1 fully saturated rings. The number of rotatable bonds is 7. The molecule has 6 heteroatoms. The number of morpholine rings is 1. The van der Waals surface area contributed by atoms with Gasteiger partial charge in [-0.2, -0.15) is 0 Å². The van der Waals surface area contributed by atoms with Gasteiger partial charge < -0.3 is 19.1 Å². The van der Waals surface area contributed by atoms with E-state index in [0.29, 0.717) is 48.9 Å². The summed E-state index contributed by atoms with van der Waals surface area (Å²) in [4.78, 5) is 27.7. The van der Waals surface area contributed by atoms with E-state index >= 15 is 0 Å². The van der Waals surface area contributed by atoms with Gasteiger partial charge in [0, 0.05) is 30.3 Å². The van der Waals surface area contributed by atoms with Crippen molar-refractivity contribution in [2.45, 2.75) is 0 Å². The highest BCUT2D eigenvalue weighted by atomic mass is 16.5. The van der Waals surface area contributed by atoms with E-state index in [1.165, 1.54) is 0 Å². The molecule has 1 aliphatic rings. The quantitative estimate of drug-likeness (QED) is 0.393. The van der Waals surface area contributed by atoms with Gasteiger partial charge in [0.15, 0.2) is 17.3 Å². The maximum Gasteiger partial charge on any atom is 0.247 e. The van der Waals surface area contributed by atoms with Crippen molar-refractivity contribution in [3.63, 3.8) is 0 Å². The summed E-state index contributed by atoms with van der Waals surface area (Å²) in [6.45, 7) is 2.17. The number of nitrogens with zero attached hydrogens (tertiary/aromatic N) is 1. The van der Waals surface area contributed by atoms with Crippen molar-refractivity contribution < 1.29 is 23.8 Å². The van der Waals surface area contributed by atoms with Crippen molar-refractivity contribution in [2.24, 2.45) is 0 Å². The fourth-order valence-corrected chi connectivity index (χ4v) is 3.89. The lowest BCUT2D eigenvalue weighted by atomic mass is 9.94. The maximum absolute atomic E-state index is 13.1. The number of hydrogen-bond acceptors (Lipinski definition) is 5. The summed E-state index contributed by atoms with van der Waals surface area (Å²) in [5.74, 6) is 1.04. The first-order valence-electron chi connectivity index (χ1n) is 11.1. The molecule has 6 nitrogen and oxygen atoms in total. The monoisotopic (exact) mass is 457 g/mol. The molecule has 34 heavy (non-hydrogen) atoms. The average molecular weight is 458 g/mol. The second-order valence-corrected chi connectivity index (χ2v) is 7.84. The molecule has 4 rings (SSSR count). The molecule has 1 aliphatic heterocycles. The predicted molar refractivity (Wildman–Crippen MR) is 130 cm³/mol. The number of carbonyl (C=O) groups is 2. The van der Waals surface area contributed by atoms with Crippen LogP contribution in [0.25, 0.3) is 5.57 Å². The third kappa shape index (κ3) is 5.18. The van der Waals surface area contributed by atoms with E-state index in [-0.39, 0.29) is 11.7 Å². The number of carbonyl (C=O) groups excluding carboxylic acids is 2. The zero-order valence-electron chi connectivity index (χ0n) is 19.3. The Bertz CT molecular complexity index is 1180. The van der Waals surface area contributed by atoms with Gasteiger partial charge in [-0.1, -0.05) is 60.7 Å². The lowest BCUT2D eigenvalue weighted by Crippen LogP contribution is -2.39. The zero-order chi connectivity index (χ0) is 23.9. The molecular weight excluding hydrogens is 430 g/mol. The lowest BCUT2D eigenvalue weighted by molar-refractivity contribution is -0.129. The molecule has 0 aromatic heterocycles. The topological polar surface area (TPSA) is 65.1 Å². The van der Waals surface area contributed by atoms with E-state index in [1.807, 2.05) is 48.5 Å². The molecule has 0 unspecified atom stereocenters. The molecule has 0 saturated carbocycles. The Kier molecular flexibility index (Phi) is 7.40. The van der Waals surface area contributed by atoms with Crippen molar-refractivity contribution in [2.75, 3.05) is 40.5 Å². The van der Waals surface area contributed by atoms with Crippen LogP contribution in [-0.2, 0) is 9.53 Å². The van der Waals surface area contributed by atoms with Crippen molar-refractivity contribution in [3.05, 3.63) is 101 Å². The van der Waals surface area contributed by atoms with Crippen molar-refractivity contribution in [3.8, 4) is 11.5 Å². The van der Waals surface area contributed by atoms with Gasteiger partial charge in [0.25, 0.3) is 0 Å². The highest BCUT2D eigenvalue weighted by Crippen LogP contribution is 2.33. The highest BCUT2D eigenvalue weighted by molar-refractivity contribution is 6.09. The molecule has 0 spiro atoms. The van der Waals surface area contributed by atoms with Crippen molar-refractivity contribution in [1.82, 2.24) is 4.90 Å². The summed E-state index contributed by atoms with van der Waals surface area (Å²) in [7, 11) is 3.16. The van der Waals surface area contributed by atoms with E-state index in [9.17, 15) is 9.59 Å². The first-order valence-corrected chi connectivity index (χ1v) is 11.1. The van der Waals surface area contributed by atoms with Gasteiger partial charge >= 0.3 is 0 Å². The summed E-state index contributed by atoms with van der Waals surface area (Å²) < 4.78 is 16.2. The molecular formula is C28H27NO5. The van der Waals surface area contributed by atoms with Gasteiger partial charge in [0.2, 0.25) is 5.91 Å². The number of benzene rings is 3. The van der Waals surface area contributed by atoms with E-state index in [4.69, 9.17) is 14.2 Å². The minimum atomic E-state index is -0.0856. The van der Waals surface area contributed by atoms with Crippen molar-refractivity contribution in [1.29, 1.82) is 0 Å². The molecule has 0 atom stereocenters. The van der Waals surface area contributed by atoms with Crippen LogP contribution in [-0.4, -0.2) is 57.1 Å². The molecule has 0 radical (unpaired) electrons. The molecule has 1 saturated heterocycles.